The second kappa shape index (κ2) is 9.82. The minimum atomic E-state index is -0.246. The molecule has 3 aromatic rings. The zero-order chi connectivity index (χ0) is 20.6. The van der Waals surface area contributed by atoms with Crippen molar-refractivity contribution in [3.05, 3.63) is 71.5 Å². The molecule has 0 unspecified atom stereocenters. The van der Waals surface area contributed by atoms with Crippen molar-refractivity contribution in [3.8, 4) is 0 Å². The predicted molar refractivity (Wildman–Crippen MR) is 117 cm³/mol. The fraction of sp³-hybridized carbons (Fsp3) is 0.292. The number of rotatable bonds is 8. The first-order chi connectivity index (χ1) is 14.1. The first-order valence-electron chi connectivity index (χ1n) is 10.1. The molecule has 3 rings (SSSR count). The molecule has 0 atom stereocenters. The normalized spacial score (nSPS) is 10.7. The number of nitrogens with zero attached hydrogens (tertiary/aromatic N) is 1. The van der Waals surface area contributed by atoms with E-state index in [0.717, 1.165) is 42.0 Å². The molecule has 0 spiro atoms. The highest BCUT2D eigenvalue weighted by molar-refractivity contribution is 6.15. The molecule has 2 aromatic carbocycles. The minimum Gasteiger partial charge on any atom is -0.352 e. The van der Waals surface area contributed by atoms with Gasteiger partial charge in [0.1, 0.15) is 0 Å². The Bertz CT molecular complexity index is 1010. The van der Waals surface area contributed by atoms with Gasteiger partial charge in [-0.25, -0.2) is 0 Å². The monoisotopic (exact) mass is 389 g/mol. The Kier molecular flexibility index (Phi) is 6.95. The third kappa shape index (κ3) is 4.99. The molecule has 0 bridgehead atoms. The standard InChI is InChI=1S/C24H27N3O2/c1-3-4-5-8-14-26-23(28)21-16-25-15-13-22(21)27-24(29)20-12-11-17(2)18-9-6-7-10-19(18)20/h6-7,9-13,15-16H,3-5,8,14H2,1-2H3,(H,26,28)(H,25,27,29). The molecule has 5 nitrogen and oxygen atoms in total. The summed E-state index contributed by atoms with van der Waals surface area (Å²) >= 11 is 0. The molecular formula is C24H27N3O2. The van der Waals surface area contributed by atoms with Gasteiger partial charge >= 0.3 is 0 Å². The summed E-state index contributed by atoms with van der Waals surface area (Å²) in [6.45, 7) is 4.79. The highest BCUT2D eigenvalue weighted by Crippen LogP contribution is 2.24. The SMILES string of the molecule is CCCCCCNC(=O)c1cnccc1NC(=O)c1ccc(C)c2ccccc12. The maximum atomic E-state index is 13.0. The summed E-state index contributed by atoms with van der Waals surface area (Å²) in [7, 11) is 0. The van der Waals surface area contributed by atoms with Crippen LogP contribution in [0, 0.1) is 6.92 Å². The molecule has 0 aliphatic carbocycles. The summed E-state index contributed by atoms with van der Waals surface area (Å²) < 4.78 is 0. The van der Waals surface area contributed by atoms with Gasteiger partial charge in [-0.05, 0) is 41.8 Å². The molecule has 0 saturated carbocycles. The van der Waals surface area contributed by atoms with E-state index in [-0.39, 0.29) is 11.8 Å². The number of benzene rings is 2. The summed E-state index contributed by atoms with van der Waals surface area (Å²) in [6.07, 6.45) is 7.41. The minimum absolute atomic E-state index is 0.223. The van der Waals surface area contributed by atoms with E-state index in [1.54, 1.807) is 12.3 Å². The van der Waals surface area contributed by atoms with Gasteiger partial charge in [0, 0.05) is 24.5 Å². The van der Waals surface area contributed by atoms with Crippen molar-refractivity contribution in [3.63, 3.8) is 0 Å². The van der Waals surface area contributed by atoms with E-state index in [4.69, 9.17) is 0 Å². The van der Waals surface area contributed by atoms with Crippen LogP contribution in [-0.4, -0.2) is 23.3 Å². The van der Waals surface area contributed by atoms with Crippen molar-refractivity contribution < 1.29 is 9.59 Å². The zero-order valence-electron chi connectivity index (χ0n) is 17.0. The number of hydrogen-bond donors (Lipinski definition) is 2. The highest BCUT2D eigenvalue weighted by atomic mass is 16.2. The van der Waals surface area contributed by atoms with Crippen molar-refractivity contribution in [2.75, 3.05) is 11.9 Å². The number of fused-ring (bicyclic) bond motifs is 1. The Hall–Kier alpha value is -3.21. The lowest BCUT2D eigenvalue weighted by Gasteiger charge is -2.13. The van der Waals surface area contributed by atoms with Crippen LogP contribution >= 0.6 is 0 Å². The largest absolute Gasteiger partial charge is 0.352 e. The van der Waals surface area contributed by atoms with Gasteiger partial charge in [-0.1, -0.05) is 56.5 Å². The molecule has 1 heterocycles. The number of carbonyl (C=O) groups excluding carboxylic acids is 2. The number of nitrogens with one attached hydrogen (secondary N) is 2. The Morgan fingerprint density at radius 2 is 1.69 bits per heavy atom. The number of amides is 2. The number of anilines is 1. The van der Waals surface area contributed by atoms with E-state index in [2.05, 4.69) is 22.5 Å². The number of hydrogen-bond acceptors (Lipinski definition) is 3. The average Bonchev–Trinajstić information content (AvgIpc) is 2.74. The summed E-state index contributed by atoms with van der Waals surface area (Å²) in [5.74, 6) is -0.469. The van der Waals surface area contributed by atoms with Gasteiger partial charge < -0.3 is 10.6 Å². The van der Waals surface area contributed by atoms with Gasteiger partial charge in [0.2, 0.25) is 0 Å². The molecule has 150 valence electrons. The van der Waals surface area contributed by atoms with Crippen molar-refractivity contribution in [1.82, 2.24) is 10.3 Å². The summed E-state index contributed by atoms with van der Waals surface area (Å²) in [5, 5.41) is 7.74. The molecule has 5 heteroatoms. The fourth-order valence-corrected chi connectivity index (χ4v) is 3.37. The van der Waals surface area contributed by atoms with Crippen LogP contribution in [0.25, 0.3) is 10.8 Å². The lowest BCUT2D eigenvalue weighted by atomic mass is 10.00. The van der Waals surface area contributed by atoms with E-state index in [1.165, 1.54) is 6.20 Å². The van der Waals surface area contributed by atoms with Gasteiger partial charge in [0.15, 0.2) is 0 Å². The van der Waals surface area contributed by atoms with Crippen LogP contribution in [-0.2, 0) is 0 Å². The van der Waals surface area contributed by atoms with Crippen molar-refractivity contribution in [1.29, 1.82) is 0 Å². The van der Waals surface area contributed by atoms with Crippen LogP contribution < -0.4 is 10.6 Å². The average molecular weight is 389 g/mol. The number of aryl methyl sites for hydroxylation is 1. The van der Waals surface area contributed by atoms with Crippen molar-refractivity contribution in [2.45, 2.75) is 39.5 Å². The topological polar surface area (TPSA) is 71.1 Å². The summed E-state index contributed by atoms with van der Waals surface area (Å²) in [5.41, 5.74) is 2.52. The maximum Gasteiger partial charge on any atom is 0.256 e. The van der Waals surface area contributed by atoms with Gasteiger partial charge in [0.05, 0.1) is 11.3 Å². The molecule has 0 fully saturated rings. The van der Waals surface area contributed by atoms with Crippen molar-refractivity contribution in [2.24, 2.45) is 0 Å². The predicted octanol–water partition coefficient (Wildman–Crippen LogP) is 5.11. The number of unbranched alkanes of at least 4 members (excludes halogenated alkanes) is 3. The zero-order valence-corrected chi connectivity index (χ0v) is 17.0. The number of pyridine rings is 1. The Morgan fingerprint density at radius 3 is 2.48 bits per heavy atom. The van der Waals surface area contributed by atoms with E-state index in [9.17, 15) is 9.59 Å². The smallest absolute Gasteiger partial charge is 0.256 e. The van der Waals surface area contributed by atoms with Gasteiger partial charge in [-0.2, -0.15) is 0 Å². The third-order valence-corrected chi connectivity index (χ3v) is 5.02. The van der Waals surface area contributed by atoms with Crippen LogP contribution in [0.3, 0.4) is 0 Å². The maximum absolute atomic E-state index is 13.0. The second-order valence-electron chi connectivity index (χ2n) is 7.17. The third-order valence-electron chi connectivity index (χ3n) is 5.02. The van der Waals surface area contributed by atoms with E-state index in [0.29, 0.717) is 23.4 Å². The number of aromatic nitrogens is 1. The van der Waals surface area contributed by atoms with Crippen LogP contribution in [0.4, 0.5) is 5.69 Å². The lowest BCUT2D eigenvalue weighted by Crippen LogP contribution is -2.26. The van der Waals surface area contributed by atoms with Crippen LogP contribution in [0.15, 0.2) is 54.9 Å². The molecule has 2 amide bonds. The fourth-order valence-electron chi connectivity index (χ4n) is 3.37. The van der Waals surface area contributed by atoms with Gasteiger partial charge in [-0.3, -0.25) is 14.6 Å². The number of carbonyl (C=O) groups is 2. The second-order valence-corrected chi connectivity index (χ2v) is 7.17. The molecule has 0 radical (unpaired) electrons. The molecule has 0 aliphatic heterocycles. The molecule has 0 aliphatic rings. The highest BCUT2D eigenvalue weighted by Gasteiger charge is 2.16. The van der Waals surface area contributed by atoms with Crippen molar-refractivity contribution >= 4 is 28.3 Å². The van der Waals surface area contributed by atoms with Gasteiger partial charge in [0.25, 0.3) is 11.8 Å². The Morgan fingerprint density at radius 1 is 0.897 bits per heavy atom. The van der Waals surface area contributed by atoms with Crippen LogP contribution in [0.2, 0.25) is 0 Å². The van der Waals surface area contributed by atoms with E-state index >= 15 is 0 Å². The van der Waals surface area contributed by atoms with Crippen LogP contribution in [0.5, 0.6) is 0 Å². The summed E-state index contributed by atoms with van der Waals surface area (Å²) in [4.78, 5) is 29.6. The Balaban J connectivity index is 1.77. The van der Waals surface area contributed by atoms with Gasteiger partial charge in [-0.15, -0.1) is 0 Å². The molecular weight excluding hydrogens is 362 g/mol. The summed E-state index contributed by atoms with van der Waals surface area (Å²) in [6, 6.07) is 13.2. The quantitative estimate of drug-likeness (QED) is 0.526. The molecule has 0 saturated heterocycles. The first-order valence-corrected chi connectivity index (χ1v) is 10.1. The van der Waals surface area contributed by atoms with E-state index in [1.807, 2.05) is 43.3 Å². The molecule has 2 N–H and O–H groups in total. The van der Waals surface area contributed by atoms with E-state index < -0.39 is 0 Å². The molecule has 1 aromatic heterocycles. The first kappa shape index (κ1) is 20.5. The Labute approximate surface area is 171 Å². The van der Waals surface area contributed by atoms with Crippen LogP contribution in [0.1, 0.15) is 58.9 Å². The lowest BCUT2D eigenvalue weighted by molar-refractivity contribution is 0.0953. The molecule has 29 heavy (non-hydrogen) atoms.